The summed E-state index contributed by atoms with van der Waals surface area (Å²) >= 11 is 0. The van der Waals surface area contributed by atoms with Crippen LogP contribution >= 0.6 is 0 Å². The molecule has 1 aliphatic rings. The molecule has 0 N–H and O–H groups in total. The van der Waals surface area contributed by atoms with Gasteiger partial charge in [-0.25, -0.2) is 0 Å². The number of hydrogen-bond donors (Lipinski definition) is 0. The SMILES string of the molecule is CCCCCCC1CCC(c2ccc(-c3ccc(OCC)cc3)c(C#N)c2C#N)CC1. The predicted octanol–water partition coefficient (Wildman–Crippen LogP) is 7.74. The molecule has 1 saturated carbocycles. The lowest BCUT2D eigenvalue weighted by atomic mass is 9.75. The number of unbranched alkanes of at least 4 members (excludes halogenated alkanes) is 3. The number of ether oxygens (including phenoxy) is 1. The molecule has 31 heavy (non-hydrogen) atoms. The third-order valence-electron chi connectivity index (χ3n) is 6.69. The van der Waals surface area contributed by atoms with Crippen LogP contribution in [-0.2, 0) is 0 Å². The van der Waals surface area contributed by atoms with Crippen LogP contribution in [0.15, 0.2) is 36.4 Å². The fourth-order valence-corrected chi connectivity index (χ4v) is 4.96. The van der Waals surface area contributed by atoms with Gasteiger partial charge >= 0.3 is 0 Å². The van der Waals surface area contributed by atoms with Crippen molar-refractivity contribution in [3.8, 4) is 29.0 Å². The molecule has 2 aromatic rings. The average molecular weight is 415 g/mol. The second-order valence-electron chi connectivity index (χ2n) is 8.70. The highest BCUT2D eigenvalue weighted by Crippen LogP contribution is 2.41. The Morgan fingerprint density at radius 1 is 0.839 bits per heavy atom. The molecule has 162 valence electrons. The summed E-state index contributed by atoms with van der Waals surface area (Å²) in [6.07, 6.45) is 11.4. The summed E-state index contributed by atoms with van der Waals surface area (Å²) in [5.74, 6) is 2.04. The number of benzene rings is 2. The summed E-state index contributed by atoms with van der Waals surface area (Å²) in [4.78, 5) is 0. The molecule has 0 aromatic heterocycles. The highest BCUT2D eigenvalue weighted by molar-refractivity contribution is 5.75. The average Bonchev–Trinajstić information content (AvgIpc) is 2.82. The number of nitrogens with zero attached hydrogens (tertiary/aromatic N) is 2. The second kappa shape index (κ2) is 11.6. The molecule has 3 rings (SSSR count). The summed E-state index contributed by atoms with van der Waals surface area (Å²) in [7, 11) is 0. The summed E-state index contributed by atoms with van der Waals surface area (Å²) in [5, 5.41) is 19.9. The van der Waals surface area contributed by atoms with E-state index in [1.165, 1.54) is 44.9 Å². The first-order valence-electron chi connectivity index (χ1n) is 11.9. The molecule has 0 saturated heterocycles. The lowest BCUT2D eigenvalue weighted by molar-refractivity contribution is 0.302. The van der Waals surface area contributed by atoms with Crippen LogP contribution in [-0.4, -0.2) is 6.61 Å². The zero-order valence-corrected chi connectivity index (χ0v) is 19.0. The highest BCUT2D eigenvalue weighted by atomic mass is 16.5. The van der Waals surface area contributed by atoms with Crippen LogP contribution < -0.4 is 4.74 Å². The summed E-state index contributed by atoms with van der Waals surface area (Å²) in [6.45, 7) is 4.84. The van der Waals surface area contributed by atoms with Gasteiger partial charge in [0.25, 0.3) is 0 Å². The molecule has 2 aromatic carbocycles. The van der Waals surface area contributed by atoms with E-state index in [-0.39, 0.29) is 0 Å². The monoisotopic (exact) mass is 414 g/mol. The van der Waals surface area contributed by atoms with Gasteiger partial charge < -0.3 is 4.74 Å². The van der Waals surface area contributed by atoms with Gasteiger partial charge in [0, 0.05) is 5.56 Å². The van der Waals surface area contributed by atoms with Gasteiger partial charge in [-0.15, -0.1) is 0 Å². The van der Waals surface area contributed by atoms with Crippen molar-refractivity contribution in [1.82, 2.24) is 0 Å². The van der Waals surface area contributed by atoms with E-state index in [1.807, 2.05) is 37.3 Å². The normalized spacial score (nSPS) is 18.2. The zero-order chi connectivity index (χ0) is 22.1. The summed E-state index contributed by atoms with van der Waals surface area (Å²) < 4.78 is 5.52. The van der Waals surface area contributed by atoms with Gasteiger partial charge in [0.15, 0.2) is 0 Å². The molecule has 0 amide bonds. The Balaban J connectivity index is 1.76. The smallest absolute Gasteiger partial charge is 0.119 e. The Hall–Kier alpha value is -2.78. The van der Waals surface area contributed by atoms with Crippen LogP contribution in [0.5, 0.6) is 5.75 Å². The van der Waals surface area contributed by atoms with Crippen LogP contribution in [0.2, 0.25) is 0 Å². The van der Waals surface area contributed by atoms with E-state index in [0.717, 1.165) is 41.2 Å². The van der Waals surface area contributed by atoms with Crippen molar-refractivity contribution in [2.45, 2.75) is 77.6 Å². The van der Waals surface area contributed by atoms with Gasteiger partial charge in [-0.05, 0) is 67.7 Å². The Bertz CT molecular complexity index is 925. The standard InChI is InChI=1S/C28H34N2O/c1-3-5-6-7-8-21-9-11-22(12-10-21)25-17-18-26(28(20-30)27(25)19-29)23-13-15-24(16-14-23)31-4-2/h13-18,21-22H,3-12H2,1-2H3. The maximum atomic E-state index is 9.94. The largest absolute Gasteiger partial charge is 0.494 e. The molecule has 0 radical (unpaired) electrons. The second-order valence-corrected chi connectivity index (χ2v) is 8.70. The van der Waals surface area contributed by atoms with Gasteiger partial charge in [0.05, 0.1) is 17.7 Å². The zero-order valence-electron chi connectivity index (χ0n) is 19.0. The molecule has 0 unspecified atom stereocenters. The molecular weight excluding hydrogens is 380 g/mol. The quantitative estimate of drug-likeness (QED) is 0.394. The van der Waals surface area contributed by atoms with Crippen LogP contribution in [0.25, 0.3) is 11.1 Å². The van der Waals surface area contributed by atoms with E-state index in [9.17, 15) is 10.5 Å². The van der Waals surface area contributed by atoms with Gasteiger partial charge in [0.2, 0.25) is 0 Å². The number of rotatable bonds is 9. The van der Waals surface area contributed by atoms with Crippen molar-refractivity contribution in [3.05, 3.63) is 53.1 Å². The van der Waals surface area contributed by atoms with E-state index in [4.69, 9.17) is 4.74 Å². The molecule has 0 aliphatic heterocycles. The lowest BCUT2D eigenvalue weighted by Gasteiger charge is -2.29. The van der Waals surface area contributed by atoms with Gasteiger partial charge in [-0.3, -0.25) is 0 Å². The van der Waals surface area contributed by atoms with Crippen molar-refractivity contribution in [1.29, 1.82) is 10.5 Å². The Kier molecular flexibility index (Phi) is 8.54. The Morgan fingerprint density at radius 2 is 1.55 bits per heavy atom. The molecule has 1 fully saturated rings. The van der Waals surface area contributed by atoms with E-state index in [0.29, 0.717) is 23.7 Å². The topological polar surface area (TPSA) is 56.8 Å². The fourth-order valence-electron chi connectivity index (χ4n) is 4.96. The Morgan fingerprint density at radius 3 is 2.16 bits per heavy atom. The van der Waals surface area contributed by atoms with Crippen LogP contribution in [0.4, 0.5) is 0 Å². The van der Waals surface area contributed by atoms with E-state index in [2.05, 4.69) is 25.1 Å². The van der Waals surface area contributed by atoms with E-state index in [1.54, 1.807) is 0 Å². The van der Waals surface area contributed by atoms with E-state index >= 15 is 0 Å². The van der Waals surface area contributed by atoms with E-state index < -0.39 is 0 Å². The first-order chi connectivity index (χ1) is 15.2. The Labute approximate surface area is 187 Å². The number of hydrogen-bond acceptors (Lipinski definition) is 3. The predicted molar refractivity (Wildman–Crippen MR) is 126 cm³/mol. The third-order valence-corrected chi connectivity index (χ3v) is 6.69. The molecule has 3 heteroatoms. The van der Waals surface area contributed by atoms with Gasteiger partial charge in [-0.1, -0.05) is 63.3 Å². The lowest BCUT2D eigenvalue weighted by Crippen LogP contribution is -2.15. The molecule has 0 atom stereocenters. The van der Waals surface area contributed by atoms with Crippen molar-refractivity contribution in [2.75, 3.05) is 6.61 Å². The minimum absolute atomic E-state index is 0.392. The first kappa shape index (κ1) is 22.9. The van der Waals surface area contributed by atoms with Crippen molar-refractivity contribution in [3.63, 3.8) is 0 Å². The minimum Gasteiger partial charge on any atom is -0.494 e. The molecular formula is C28H34N2O. The summed E-state index contributed by atoms with van der Waals surface area (Å²) in [6, 6.07) is 16.6. The number of nitriles is 2. The fraction of sp³-hybridized carbons (Fsp3) is 0.500. The molecule has 0 heterocycles. The minimum atomic E-state index is 0.392. The highest BCUT2D eigenvalue weighted by Gasteiger charge is 2.26. The summed E-state index contributed by atoms with van der Waals surface area (Å²) in [5.41, 5.74) is 3.92. The van der Waals surface area contributed by atoms with Crippen LogP contribution in [0.3, 0.4) is 0 Å². The van der Waals surface area contributed by atoms with Crippen LogP contribution in [0.1, 0.15) is 94.2 Å². The molecule has 0 bridgehead atoms. The molecule has 0 spiro atoms. The molecule has 1 aliphatic carbocycles. The van der Waals surface area contributed by atoms with Crippen LogP contribution in [0, 0.1) is 28.6 Å². The maximum Gasteiger partial charge on any atom is 0.119 e. The third kappa shape index (κ3) is 5.68. The van der Waals surface area contributed by atoms with Gasteiger partial charge in [-0.2, -0.15) is 10.5 Å². The van der Waals surface area contributed by atoms with Crippen molar-refractivity contribution >= 4 is 0 Å². The molecule has 3 nitrogen and oxygen atoms in total. The van der Waals surface area contributed by atoms with Gasteiger partial charge in [0.1, 0.15) is 17.9 Å². The maximum absolute atomic E-state index is 9.94. The first-order valence-corrected chi connectivity index (χ1v) is 11.9. The van der Waals surface area contributed by atoms with Crippen molar-refractivity contribution in [2.24, 2.45) is 5.92 Å². The van der Waals surface area contributed by atoms with Crippen molar-refractivity contribution < 1.29 is 4.74 Å².